The van der Waals surface area contributed by atoms with Crippen LogP contribution >= 0.6 is 0 Å². The van der Waals surface area contributed by atoms with Gasteiger partial charge in [0, 0.05) is 29.5 Å². The lowest BCUT2D eigenvalue weighted by molar-refractivity contribution is -0.304. The van der Waals surface area contributed by atoms with Crippen molar-refractivity contribution < 1.29 is 29.0 Å². The molecule has 2 aliphatic rings. The molecule has 5 atom stereocenters. The van der Waals surface area contributed by atoms with Gasteiger partial charge in [0.25, 0.3) is 0 Å². The second kappa shape index (κ2) is 21.0. The molecule has 4 N–H and O–H groups in total. The van der Waals surface area contributed by atoms with Crippen LogP contribution in [0, 0.1) is 11.3 Å². The number of carbonyl (C=O) groups excluding carboxylic acids is 2. The van der Waals surface area contributed by atoms with Crippen LogP contribution in [0.5, 0.6) is 0 Å². The smallest absolute Gasteiger partial charge is 0.315 e. The van der Waals surface area contributed by atoms with Gasteiger partial charge >= 0.3 is 12.0 Å². The molecular weight excluding hydrogens is 582 g/mol. The van der Waals surface area contributed by atoms with Gasteiger partial charge in [0.1, 0.15) is 6.10 Å². The Morgan fingerprint density at radius 1 is 0.870 bits per heavy atom. The molecule has 1 heterocycles. The topological polar surface area (TPSA) is 126 Å². The van der Waals surface area contributed by atoms with Crippen LogP contribution in [-0.4, -0.2) is 59.6 Å². The number of hydrogen-bond acceptors (Lipinski definition) is 5. The minimum absolute atomic E-state index is 0.0463. The van der Waals surface area contributed by atoms with Crippen molar-refractivity contribution in [2.45, 2.75) is 187 Å². The number of amides is 3. The van der Waals surface area contributed by atoms with Gasteiger partial charge in [0.05, 0.1) is 13.0 Å². The number of unbranched alkanes of at least 4 members (excludes halogenated alkanes) is 10. The van der Waals surface area contributed by atoms with Gasteiger partial charge < -0.3 is 30.5 Å². The van der Waals surface area contributed by atoms with Gasteiger partial charge in [-0.05, 0) is 65.7 Å². The molecule has 46 heavy (non-hydrogen) atoms. The van der Waals surface area contributed by atoms with Crippen LogP contribution in [0.25, 0.3) is 0 Å². The first-order valence-corrected chi connectivity index (χ1v) is 18.4. The van der Waals surface area contributed by atoms with E-state index in [0.29, 0.717) is 6.61 Å². The lowest BCUT2D eigenvalue weighted by Crippen LogP contribution is -2.60. The van der Waals surface area contributed by atoms with E-state index in [1.807, 2.05) is 20.8 Å². The average molecular weight is 650 g/mol. The largest absolute Gasteiger partial charge is 0.481 e. The lowest BCUT2D eigenvalue weighted by Gasteiger charge is -2.45. The number of carbonyl (C=O) groups is 3. The maximum Gasteiger partial charge on any atom is 0.315 e. The molecule has 0 spiro atoms. The van der Waals surface area contributed by atoms with Gasteiger partial charge in [-0.1, -0.05) is 97.1 Å². The van der Waals surface area contributed by atoms with E-state index in [9.17, 15) is 19.5 Å². The first-order chi connectivity index (χ1) is 21.8. The summed E-state index contributed by atoms with van der Waals surface area (Å²) in [6, 6.07) is -1.02. The highest BCUT2D eigenvalue weighted by molar-refractivity contribution is 5.83. The molecule has 2 fully saturated rings. The Morgan fingerprint density at radius 3 is 2.13 bits per heavy atom. The molecule has 1 aliphatic carbocycles. The molecule has 1 aliphatic heterocycles. The highest BCUT2D eigenvalue weighted by Gasteiger charge is 2.47. The highest BCUT2D eigenvalue weighted by Crippen LogP contribution is 2.36. The number of carboxylic acids is 1. The minimum Gasteiger partial charge on any atom is -0.481 e. The molecule has 0 aromatic carbocycles. The standard InChI is InChI=1S/C37H67N3O6/c1-7-8-9-10-11-12-13-14-15-16-17-18-19-20-23-28(2)38-35(44)40-30-25-22-21-24-29(30)31(26-32(41)42)39-34(43)33-36(3,4)27-45-37(5,6)46-33/h14-15,28-31,33H,7-13,16-27H2,1-6H3,(H,39,43)(H,41,42)(H2,38,40,44). The summed E-state index contributed by atoms with van der Waals surface area (Å²) in [5.41, 5.74) is -0.572. The molecule has 1 saturated carbocycles. The number of carboxylic acid groups (broad SMARTS) is 1. The molecule has 266 valence electrons. The summed E-state index contributed by atoms with van der Waals surface area (Å²) >= 11 is 0. The normalized spacial score (nSPS) is 23.8. The van der Waals surface area contributed by atoms with Crippen molar-refractivity contribution in [1.82, 2.24) is 16.0 Å². The number of aliphatic carboxylic acids is 1. The van der Waals surface area contributed by atoms with Crippen molar-refractivity contribution >= 4 is 17.9 Å². The van der Waals surface area contributed by atoms with Crippen LogP contribution in [-0.2, 0) is 19.1 Å². The van der Waals surface area contributed by atoms with Crippen molar-refractivity contribution in [2.24, 2.45) is 11.3 Å². The maximum absolute atomic E-state index is 13.5. The molecule has 1 saturated heterocycles. The molecule has 9 heteroatoms. The van der Waals surface area contributed by atoms with E-state index in [1.165, 1.54) is 57.8 Å². The fourth-order valence-electron chi connectivity index (χ4n) is 6.75. The van der Waals surface area contributed by atoms with Gasteiger partial charge in [0.2, 0.25) is 5.91 Å². The monoisotopic (exact) mass is 650 g/mol. The highest BCUT2D eigenvalue weighted by atomic mass is 16.7. The lowest BCUT2D eigenvalue weighted by atomic mass is 9.78. The SMILES string of the molecule is CCCCCCCCC=CCCCCCCC(C)NC(=O)NC1CCCCC1C(CC(=O)O)NC(=O)C1OC(C)(C)OCC1(C)C. The van der Waals surface area contributed by atoms with E-state index in [2.05, 4.69) is 35.0 Å². The molecule has 0 aromatic heterocycles. The Morgan fingerprint density at radius 2 is 1.48 bits per heavy atom. The number of urea groups is 1. The summed E-state index contributed by atoms with van der Waals surface area (Å²) in [7, 11) is 0. The summed E-state index contributed by atoms with van der Waals surface area (Å²) in [5, 5.41) is 19.0. The van der Waals surface area contributed by atoms with Crippen LogP contribution in [0.1, 0.15) is 157 Å². The predicted octanol–water partition coefficient (Wildman–Crippen LogP) is 8.02. The number of ether oxygens (including phenoxy) is 2. The van der Waals surface area contributed by atoms with E-state index in [1.54, 1.807) is 13.8 Å². The molecule has 5 unspecified atom stereocenters. The summed E-state index contributed by atoms with van der Waals surface area (Å²) in [4.78, 5) is 38.4. The van der Waals surface area contributed by atoms with Gasteiger partial charge in [-0.2, -0.15) is 0 Å². The van der Waals surface area contributed by atoms with Gasteiger partial charge in [-0.25, -0.2) is 4.79 Å². The van der Waals surface area contributed by atoms with Crippen molar-refractivity contribution in [3.8, 4) is 0 Å². The second-order valence-corrected chi connectivity index (χ2v) is 15.0. The first kappa shape index (κ1) is 40.0. The Labute approximate surface area is 279 Å². The van der Waals surface area contributed by atoms with Crippen molar-refractivity contribution in [3.05, 3.63) is 12.2 Å². The maximum atomic E-state index is 13.5. The quantitative estimate of drug-likeness (QED) is 0.0737. The summed E-state index contributed by atoms with van der Waals surface area (Å²) in [6.45, 7) is 12.0. The third kappa shape index (κ3) is 15.6. The molecule has 0 bridgehead atoms. The van der Waals surface area contributed by atoms with Gasteiger partial charge in [-0.15, -0.1) is 0 Å². The van der Waals surface area contributed by atoms with Crippen LogP contribution in [0.15, 0.2) is 12.2 Å². The van der Waals surface area contributed by atoms with E-state index >= 15 is 0 Å². The zero-order chi connectivity index (χ0) is 34.0. The van der Waals surface area contributed by atoms with Crippen molar-refractivity contribution in [3.63, 3.8) is 0 Å². The zero-order valence-corrected chi connectivity index (χ0v) is 30.0. The zero-order valence-electron chi connectivity index (χ0n) is 30.0. The number of allylic oxidation sites excluding steroid dienone is 2. The second-order valence-electron chi connectivity index (χ2n) is 15.0. The minimum atomic E-state index is -0.982. The summed E-state index contributed by atoms with van der Waals surface area (Å²) in [5.74, 6) is -2.41. The van der Waals surface area contributed by atoms with Crippen LogP contribution in [0.3, 0.4) is 0 Å². The molecule has 3 amide bonds. The van der Waals surface area contributed by atoms with Crippen LogP contribution in [0.2, 0.25) is 0 Å². The van der Waals surface area contributed by atoms with Crippen LogP contribution < -0.4 is 16.0 Å². The van der Waals surface area contributed by atoms with E-state index < -0.39 is 29.3 Å². The number of hydrogen-bond donors (Lipinski definition) is 4. The predicted molar refractivity (Wildman–Crippen MR) is 185 cm³/mol. The Kier molecular flexibility index (Phi) is 18.3. The van der Waals surface area contributed by atoms with Gasteiger partial charge in [0.15, 0.2) is 5.79 Å². The number of rotatable bonds is 21. The van der Waals surface area contributed by atoms with E-state index in [0.717, 1.165) is 51.4 Å². The van der Waals surface area contributed by atoms with E-state index in [-0.39, 0.29) is 36.4 Å². The third-order valence-electron chi connectivity index (χ3n) is 9.54. The third-order valence-corrected chi connectivity index (χ3v) is 9.54. The van der Waals surface area contributed by atoms with E-state index in [4.69, 9.17) is 9.47 Å². The molecule has 2 rings (SSSR count). The molecule has 9 nitrogen and oxygen atoms in total. The Bertz CT molecular complexity index is 936. The summed E-state index contributed by atoms with van der Waals surface area (Å²) in [6.07, 6.45) is 23.0. The summed E-state index contributed by atoms with van der Waals surface area (Å²) < 4.78 is 11.8. The Hall–Kier alpha value is -2.13. The number of nitrogens with one attached hydrogen (secondary N) is 3. The van der Waals surface area contributed by atoms with Crippen molar-refractivity contribution in [1.29, 1.82) is 0 Å². The fraction of sp³-hybridized carbons (Fsp3) is 0.865. The molecular formula is C37H67N3O6. The van der Waals surface area contributed by atoms with Crippen molar-refractivity contribution in [2.75, 3.05) is 6.61 Å². The van der Waals surface area contributed by atoms with Gasteiger partial charge in [-0.3, -0.25) is 9.59 Å². The van der Waals surface area contributed by atoms with Crippen LogP contribution in [0.4, 0.5) is 4.79 Å². The molecule has 0 radical (unpaired) electrons. The first-order valence-electron chi connectivity index (χ1n) is 18.4. The molecule has 0 aromatic rings. The Balaban J connectivity index is 1.76. The fourth-order valence-corrected chi connectivity index (χ4v) is 6.75. The average Bonchev–Trinajstić information content (AvgIpc) is 2.98.